The molecule has 3 aromatic rings. The molecule has 0 aliphatic heterocycles. The number of aromatic amines is 1. The minimum absolute atomic E-state index is 0.187. The summed E-state index contributed by atoms with van der Waals surface area (Å²) in [5.74, 6) is -5.35. The summed E-state index contributed by atoms with van der Waals surface area (Å²) >= 11 is 0. The molecule has 0 saturated carbocycles. The normalized spacial score (nSPS) is 10.8. The Hall–Kier alpha value is -2.90. The van der Waals surface area contributed by atoms with Crippen LogP contribution in [0.3, 0.4) is 0 Å². The fraction of sp³-hybridized carbons (Fsp3) is 0. The van der Waals surface area contributed by atoms with Gasteiger partial charge < -0.3 is 5.32 Å². The molecule has 0 aliphatic carbocycles. The molecule has 5 nitrogen and oxygen atoms in total. The van der Waals surface area contributed by atoms with Gasteiger partial charge in [-0.3, -0.25) is 9.89 Å². The number of H-pyrrole nitrogens is 1. The summed E-state index contributed by atoms with van der Waals surface area (Å²) in [6.07, 6.45) is 1.52. The van der Waals surface area contributed by atoms with Gasteiger partial charge in [-0.25, -0.2) is 18.2 Å². The molecule has 3 rings (SSSR count). The van der Waals surface area contributed by atoms with Crippen molar-refractivity contribution in [3.63, 3.8) is 0 Å². The summed E-state index contributed by atoms with van der Waals surface area (Å²) in [5.41, 5.74) is -0.251. The number of aromatic nitrogens is 3. The molecular weight excluding hydrogens is 285 g/mol. The maximum Gasteiger partial charge on any atom is 0.259 e. The summed E-state index contributed by atoms with van der Waals surface area (Å²) in [6, 6.07) is 4.81. The molecule has 2 heterocycles. The van der Waals surface area contributed by atoms with Crippen molar-refractivity contribution in [1.82, 2.24) is 15.2 Å². The van der Waals surface area contributed by atoms with Crippen molar-refractivity contribution < 1.29 is 18.0 Å². The highest BCUT2D eigenvalue weighted by Crippen LogP contribution is 2.20. The van der Waals surface area contributed by atoms with Gasteiger partial charge in [0.15, 0.2) is 23.1 Å². The molecule has 2 aromatic heterocycles. The number of nitrogens with zero attached hydrogens (tertiary/aromatic N) is 2. The van der Waals surface area contributed by atoms with Crippen LogP contribution in [0.25, 0.3) is 11.0 Å². The van der Waals surface area contributed by atoms with Gasteiger partial charge in [0, 0.05) is 6.20 Å². The Morgan fingerprint density at radius 3 is 2.76 bits per heavy atom. The lowest BCUT2D eigenvalue weighted by molar-refractivity contribution is 0.102. The van der Waals surface area contributed by atoms with Crippen molar-refractivity contribution in [2.45, 2.75) is 0 Å². The lowest BCUT2D eigenvalue weighted by Gasteiger charge is -2.05. The smallest absolute Gasteiger partial charge is 0.259 e. The van der Waals surface area contributed by atoms with Gasteiger partial charge in [0.05, 0.1) is 10.9 Å². The number of amides is 1. The van der Waals surface area contributed by atoms with Gasteiger partial charge in [0.25, 0.3) is 5.91 Å². The van der Waals surface area contributed by atoms with Gasteiger partial charge in [-0.05, 0) is 24.3 Å². The van der Waals surface area contributed by atoms with Crippen molar-refractivity contribution in [1.29, 1.82) is 0 Å². The first-order valence-electron chi connectivity index (χ1n) is 5.82. The highest BCUT2D eigenvalue weighted by Gasteiger charge is 2.20. The van der Waals surface area contributed by atoms with Gasteiger partial charge in [0.1, 0.15) is 5.82 Å². The zero-order valence-electron chi connectivity index (χ0n) is 10.3. The van der Waals surface area contributed by atoms with Crippen molar-refractivity contribution in [2.24, 2.45) is 0 Å². The first-order chi connectivity index (χ1) is 10.1. The Kier molecular flexibility index (Phi) is 3.05. The second-order valence-corrected chi connectivity index (χ2v) is 4.15. The second kappa shape index (κ2) is 4.89. The standard InChI is InChI=1S/C13H7F3N4O/c14-8-4-3-6(9(15)10(8)16)13(21)18-12-7-2-1-5-17-11(7)19-20-12/h1-5H,(H2,17,18,19,20,21). The number of carbonyl (C=O) groups is 1. The Labute approximate surface area is 115 Å². The number of fused-ring (bicyclic) bond motifs is 1. The van der Waals surface area contributed by atoms with Gasteiger partial charge in [-0.1, -0.05) is 0 Å². The lowest BCUT2D eigenvalue weighted by atomic mass is 10.2. The molecule has 0 aliphatic rings. The molecular formula is C13H7F3N4O. The molecule has 0 saturated heterocycles. The van der Waals surface area contributed by atoms with E-state index in [0.29, 0.717) is 17.1 Å². The zero-order valence-corrected chi connectivity index (χ0v) is 10.3. The van der Waals surface area contributed by atoms with Crippen LogP contribution >= 0.6 is 0 Å². The topological polar surface area (TPSA) is 70.7 Å². The number of pyridine rings is 1. The van der Waals surface area contributed by atoms with Crippen LogP contribution < -0.4 is 5.32 Å². The van der Waals surface area contributed by atoms with Crippen molar-refractivity contribution >= 4 is 22.8 Å². The Morgan fingerprint density at radius 2 is 1.95 bits per heavy atom. The van der Waals surface area contributed by atoms with Gasteiger partial charge in [-0.2, -0.15) is 5.10 Å². The summed E-state index contributed by atoms with van der Waals surface area (Å²) < 4.78 is 39.5. The van der Waals surface area contributed by atoms with E-state index in [1.54, 1.807) is 12.1 Å². The number of benzene rings is 1. The molecule has 1 amide bonds. The zero-order chi connectivity index (χ0) is 15.0. The van der Waals surface area contributed by atoms with Crippen LogP contribution in [0.5, 0.6) is 0 Å². The maximum atomic E-state index is 13.5. The quantitative estimate of drug-likeness (QED) is 0.713. The Balaban J connectivity index is 1.95. The van der Waals surface area contributed by atoms with Crippen LogP contribution in [0.1, 0.15) is 10.4 Å². The van der Waals surface area contributed by atoms with E-state index in [1.807, 2.05) is 0 Å². The monoisotopic (exact) mass is 292 g/mol. The van der Waals surface area contributed by atoms with E-state index >= 15 is 0 Å². The second-order valence-electron chi connectivity index (χ2n) is 4.15. The maximum absolute atomic E-state index is 13.5. The summed E-state index contributed by atoms with van der Waals surface area (Å²) in [7, 11) is 0. The predicted molar refractivity (Wildman–Crippen MR) is 68.2 cm³/mol. The van der Waals surface area contributed by atoms with Crippen molar-refractivity contribution in [3.8, 4) is 0 Å². The number of carbonyl (C=O) groups excluding carboxylic acids is 1. The van der Waals surface area contributed by atoms with E-state index in [0.717, 1.165) is 6.07 Å². The summed E-state index contributed by atoms with van der Waals surface area (Å²) in [6.45, 7) is 0. The molecule has 1 aromatic carbocycles. The van der Waals surface area contributed by atoms with Crippen molar-refractivity contribution in [3.05, 3.63) is 53.5 Å². The lowest BCUT2D eigenvalue weighted by Crippen LogP contribution is -2.15. The third-order valence-corrected chi connectivity index (χ3v) is 2.85. The number of rotatable bonds is 2. The first-order valence-corrected chi connectivity index (χ1v) is 5.82. The first kappa shape index (κ1) is 13.1. The molecule has 8 heteroatoms. The number of hydrogen-bond donors (Lipinski definition) is 2. The summed E-state index contributed by atoms with van der Waals surface area (Å²) in [5, 5.41) is 9.22. The van der Waals surface area contributed by atoms with E-state index in [-0.39, 0.29) is 5.82 Å². The molecule has 2 N–H and O–H groups in total. The van der Waals surface area contributed by atoms with E-state index in [4.69, 9.17) is 0 Å². The van der Waals surface area contributed by atoms with Crippen LogP contribution in [0, 0.1) is 17.5 Å². The third-order valence-electron chi connectivity index (χ3n) is 2.85. The van der Waals surface area contributed by atoms with Crippen LogP contribution in [-0.4, -0.2) is 21.1 Å². The molecule has 21 heavy (non-hydrogen) atoms. The van der Waals surface area contributed by atoms with Gasteiger partial charge in [0.2, 0.25) is 0 Å². The molecule has 0 atom stereocenters. The molecule has 0 spiro atoms. The van der Waals surface area contributed by atoms with Crippen LogP contribution in [0.2, 0.25) is 0 Å². The fourth-order valence-corrected chi connectivity index (χ4v) is 1.83. The van der Waals surface area contributed by atoms with Crippen LogP contribution in [0.15, 0.2) is 30.5 Å². The average molecular weight is 292 g/mol. The van der Waals surface area contributed by atoms with Gasteiger partial charge >= 0.3 is 0 Å². The highest BCUT2D eigenvalue weighted by molar-refractivity contribution is 6.07. The largest absolute Gasteiger partial charge is 0.306 e. The number of halogens is 3. The number of hydrogen-bond acceptors (Lipinski definition) is 3. The van der Waals surface area contributed by atoms with E-state index in [1.165, 1.54) is 6.20 Å². The van der Waals surface area contributed by atoms with E-state index < -0.39 is 28.9 Å². The minimum atomic E-state index is -1.70. The molecule has 0 fully saturated rings. The van der Waals surface area contributed by atoms with E-state index in [9.17, 15) is 18.0 Å². The molecule has 0 radical (unpaired) electrons. The van der Waals surface area contributed by atoms with Gasteiger partial charge in [-0.15, -0.1) is 0 Å². The highest BCUT2D eigenvalue weighted by atomic mass is 19.2. The fourth-order valence-electron chi connectivity index (χ4n) is 1.83. The molecule has 106 valence electrons. The molecule has 0 unspecified atom stereocenters. The Bertz CT molecular complexity index is 847. The SMILES string of the molecule is O=C(Nc1[nH]nc2ncccc12)c1ccc(F)c(F)c1F. The molecule has 0 bridgehead atoms. The number of nitrogens with one attached hydrogen (secondary N) is 2. The average Bonchev–Trinajstić information content (AvgIpc) is 2.88. The predicted octanol–water partition coefficient (Wildman–Crippen LogP) is 2.63. The Morgan fingerprint density at radius 1 is 1.14 bits per heavy atom. The minimum Gasteiger partial charge on any atom is -0.306 e. The van der Waals surface area contributed by atoms with Crippen LogP contribution in [0.4, 0.5) is 19.0 Å². The van der Waals surface area contributed by atoms with Crippen LogP contribution in [-0.2, 0) is 0 Å². The number of anilines is 1. The van der Waals surface area contributed by atoms with Crippen molar-refractivity contribution in [2.75, 3.05) is 5.32 Å². The third kappa shape index (κ3) is 2.20. The summed E-state index contributed by atoms with van der Waals surface area (Å²) in [4.78, 5) is 15.9. The van der Waals surface area contributed by atoms with E-state index in [2.05, 4.69) is 20.5 Å².